The fraction of sp³-hybridized carbons (Fsp3) is 0.188. The molecule has 23 heavy (non-hydrogen) atoms. The molecule has 0 N–H and O–H groups in total. The Kier molecular flexibility index (Phi) is 4.78. The molecule has 0 bridgehead atoms. The van der Waals surface area contributed by atoms with Crippen LogP contribution in [0, 0.1) is 17.5 Å². The van der Waals surface area contributed by atoms with E-state index in [2.05, 4.69) is 0 Å². The van der Waals surface area contributed by atoms with Crippen LogP contribution in [-0.4, -0.2) is 27.2 Å². The zero-order valence-electron chi connectivity index (χ0n) is 12.7. The van der Waals surface area contributed by atoms with Crippen LogP contribution >= 0.6 is 0 Å². The average Bonchev–Trinajstić information content (AvgIpc) is 2.58. The molecule has 0 spiro atoms. The number of carbonyl (C=O) groups excluding carboxylic acids is 1. The zero-order valence-corrected chi connectivity index (χ0v) is 12.7. The van der Waals surface area contributed by atoms with E-state index in [0.717, 1.165) is 11.0 Å². The van der Waals surface area contributed by atoms with Gasteiger partial charge in [-0.05, 0) is 24.3 Å². The third kappa shape index (κ3) is 3.08. The van der Waals surface area contributed by atoms with Gasteiger partial charge >= 0.3 is 0 Å². The Hall–Kier alpha value is -2.70. The number of carbonyl (C=O) groups is 1. The monoisotopic (exact) mass is 325 g/mol. The SMILES string of the molecule is COc1ccc(N(C)C(=O)c2ccc(F)c(F)c2F)cc1OC. The summed E-state index contributed by atoms with van der Waals surface area (Å²) in [6, 6.07) is 6.23. The van der Waals surface area contributed by atoms with Gasteiger partial charge in [0.15, 0.2) is 29.0 Å². The molecule has 0 aliphatic carbocycles. The summed E-state index contributed by atoms with van der Waals surface area (Å²) in [5, 5.41) is 0. The number of amides is 1. The minimum Gasteiger partial charge on any atom is -0.493 e. The van der Waals surface area contributed by atoms with Crippen molar-refractivity contribution in [2.75, 3.05) is 26.2 Å². The summed E-state index contributed by atoms with van der Waals surface area (Å²) >= 11 is 0. The first-order chi connectivity index (χ1) is 10.9. The minimum atomic E-state index is -1.68. The first-order valence-electron chi connectivity index (χ1n) is 6.54. The maximum absolute atomic E-state index is 13.7. The van der Waals surface area contributed by atoms with E-state index >= 15 is 0 Å². The van der Waals surface area contributed by atoms with Crippen LogP contribution in [0.2, 0.25) is 0 Å². The second-order valence-corrected chi connectivity index (χ2v) is 4.63. The smallest absolute Gasteiger partial charge is 0.261 e. The van der Waals surface area contributed by atoms with Crippen LogP contribution in [-0.2, 0) is 0 Å². The molecule has 0 saturated carbocycles. The highest BCUT2D eigenvalue weighted by molar-refractivity contribution is 6.06. The molecule has 0 atom stereocenters. The van der Waals surface area contributed by atoms with Crippen molar-refractivity contribution < 1.29 is 27.4 Å². The average molecular weight is 325 g/mol. The van der Waals surface area contributed by atoms with E-state index in [4.69, 9.17) is 9.47 Å². The summed E-state index contributed by atoms with van der Waals surface area (Å²) in [4.78, 5) is 13.4. The van der Waals surface area contributed by atoms with Gasteiger partial charge in [0.1, 0.15) is 0 Å². The number of benzene rings is 2. The number of halogens is 3. The number of rotatable bonds is 4. The second kappa shape index (κ2) is 6.60. The molecular weight excluding hydrogens is 311 g/mol. The molecule has 0 unspecified atom stereocenters. The predicted molar refractivity (Wildman–Crippen MR) is 78.6 cm³/mol. The lowest BCUT2D eigenvalue weighted by Gasteiger charge is -2.19. The van der Waals surface area contributed by atoms with Crippen LogP contribution in [0.25, 0.3) is 0 Å². The Bertz CT molecular complexity index is 750. The van der Waals surface area contributed by atoms with Gasteiger partial charge in [-0.1, -0.05) is 0 Å². The Morgan fingerprint density at radius 3 is 2.22 bits per heavy atom. The topological polar surface area (TPSA) is 38.8 Å². The molecule has 1 amide bonds. The number of methoxy groups -OCH3 is 2. The highest BCUT2D eigenvalue weighted by atomic mass is 19.2. The van der Waals surface area contributed by atoms with Gasteiger partial charge in [0.25, 0.3) is 5.91 Å². The van der Waals surface area contributed by atoms with Gasteiger partial charge in [-0.2, -0.15) is 0 Å². The van der Waals surface area contributed by atoms with E-state index in [9.17, 15) is 18.0 Å². The summed E-state index contributed by atoms with van der Waals surface area (Å²) in [5.74, 6) is -4.56. The largest absolute Gasteiger partial charge is 0.493 e. The molecule has 4 nitrogen and oxygen atoms in total. The molecule has 0 heterocycles. The maximum atomic E-state index is 13.7. The Morgan fingerprint density at radius 2 is 1.61 bits per heavy atom. The van der Waals surface area contributed by atoms with Crippen LogP contribution in [0.3, 0.4) is 0 Å². The summed E-state index contributed by atoms with van der Waals surface area (Å²) in [7, 11) is 4.27. The van der Waals surface area contributed by atoms with Crippen molar-refractivity contribution >= 4 is 11.6 Å². The van der Waals surface area contributed by atoms with Gasteiger partial charge in [0.05, 0.1) is 19.8 Å². The molecule has 0 aliphatic rings. The predicted octanol–water partition coefficient (Wildman–Crippen LogP) is 3.40. The number of hydrogen-bond donors (Lipinski definition) is 0. The number of ether oxygens (including phenoxy) is 2. The highest BCUT2D eigenvalue weighted by Crippen LogP contribution is 2.31. The van der Waals surface area contributed by atoms with Crippen LogP contribution in [0.1, 0.15) is 10.4 Å². The number of nitrogens with zero attached hydrogens (tertiary/aromatic N) is 1. The van der Waals surface area contributed by atoms with Crippen molar-refractivity contribution in [1.82, 2.24) is 0 Å². The summed E-state index contributed by atoms with van der Waals surface area (Å²) < 4.78 is 50.2. The Morgan fingerprint density at radius 1 is 0.957 bits per heavy atom. The van der Waals surface area contributed by atoms with Crippen LogP contribution in [0.5, 0.6) is 11.5 Å². The molecule has 0 aliphatic heterocycles. The zero-order chi connectivity index (χ0) is 17.1. The fourth-order valence-electron chi connectivity index (χ4n) is 2.02. The Labute approximate surface area is 131 Å². The number of hydrogen-bond acceptors (Lipinski definition) is 3. The second-order valence-electron chi connectivity index (χ2n) is 4.63. The number of anilines is 1. The summed E-state index contributed by atoms with van der Waals surface area (Å²) in [6.07, 6.45) is 0. The van der Waals surface area contributed by atoms with Gasteiger partial charge in [-0.3, -0.25) is 4.79 Å². The van der Waals surface area contributed by atoms with Gasteiger partial charge in [-0.25, -0.2) is 13.2 Å². The molecule has 122 valence electrons. The van der Waals surface area contributed by atoms with E-state index < -0.39 is 28.9 Å². The maximum Gasteiger partial charge on any atom is 0.261 e. The lowest BCUT2D eigenvalue weighted by Crippen LogP contribution is -2.27. The molecular formula is C16H14F3NO3. The first-order valence-corrected chi connectivity index (χ1v) is 6.54. The molecule has 0 saturated heterocycles. The molecule has 0 aromatic heterocycles. The molecule has 2 aromatic carbocycles. The van der Waals surface area contributed by atoms with Gasteiger partial charge in [-0.15, -0.1) is 0 Å². The molecule has 0 fully saturated rings. The van der Waals surface area contributed by atoms with Gasteiger partial charge in [0, 0.05) is 18.8 Å². The van der Waals surface area contributed by atoms with Crippen molar-refractivity contribution in [3.05, 3.63) is 53.3 Å². The van der Waals surface area contributed by atoms with E-state index in [1.807, 2.05) is 0 Å². The normalized spacial score (nSPS) is 10.3. The van der Waals surface area contributed by atoms with E-state index in [0.29, 0.717) is 23.3 Å². The van der Waals surface area contributed by atoms with E-state index in [-0.39, 0.29) is 0 Å². The van der Waals surface area contributed by atoms with Crippen LogP contribution < -0.4 is 14.4 Å². The van der Waals surface area contributed by atoms with Gasteiger partial charge in [0.2, 0.25) is 0 Å². The van der Waals surface area contributed by atoms with Crippen LogP contribution in [0.4, 0.5) is 18.9 Å². The third-order valence-corrected chi connectivity index (χ3v) is 3.32. The lowest BCUT2D eigenvalue weighted by atomic mass is 10.1. The molecule has 2 aromatic rings. The molecule has 7 heteroatoms. The van der Waals surface area contributed by atoms with E-state index in [1.165, 1.54) is 27.3 Å². The van der Waals surface area contributed by atoms with E-state index in [1.54, 1.807) is 12.1 Å². The van der Waals surface area contributed by atoms with Crippen molar-refractivity contribution in [3.8, 4) is 11.5 Å². The summed E-state index contributed by atoms with van der Waals surface area (Å²) in [6.45, 7) is 0. The highest BCUT2D eigenvalue weighted by Gasteiger charge is 2.22. The van der Waals surface area contributed by atoms with Crippen molar-refractivity contribution in [3.63, 3.8) is 0 Å². The molecule has 2 rings (SSSR count). The van der Waals surface area contributed by atoms with Crippen molar-refractivity contribution in [2.24, 2.45) is 0 Å². The molecule has 0 radical (unpaired) electrons. The summed E-state index contributed by atoms with van der Waals surface area (Å²) in [5.41, 5.74) is -0.196. The lowest BCUT2D eigenvalue weighted by molar-refractivity contribution is 0.0988. The first kappa shape index (κ1) is 16.7. The van der Waals surface area contributed by atoms with Crippen LogP contribution in [0.15, 0.2) is 30.3 Å². The Balaban J connectivity index is 2.39. The quantitative estimate of drug-likeness (QED) is 0.809. The fourth-order valence-corrected chi connectivity index (χ4v) is 2.02. The van der Waals surface area contributed by atoms with Crippen molar-refractivity contribution in [2.45, 2.75) is 0 Å². The van der Waals surface area contributed by atoms with Crippen molar-refractivity contribution in [1.29, 1.82) is 0 Å². The third-order valence-electron chi connectivity index (χ3n) is 3.32. The standard InChI is InChI=1S/C16H14F3NO3/c1-20(9-4-7-12(22-2)13(8-9)23-3)16(21)10-5-6-11(17)15(19)14(10)18/h4-8H,1-3H3. The minimum absolute atomic E-state index is 0.371. The van der Waals surface area contributed by atoms with Gasteiger partial charge < -0.3 is 14.4 Å².